The average Bonchev–Trinajstić information content (AvgIpc) is 2.27. The Hall–Kier alpha value is -2.17. The molecule has 1 rings (SSSR count). The molecule has 0 atom stereocenters. The molecule has 0 aliphatic rings. The summed E-state index contributed by atoms with van der Waals surface area (Å²) in [6, 6.07) is 2.75. The maximum absolute atomic E-state index is 11.9. The smallest absolute Gasteiger partial charge is 0.354 e. The van der Waals surface area contributed by atoms with Gasteiger partial charge in [0.05, 0.1) is 0 Å². The lowest BCUT2D eigenvalue weighted by atomic mass is 10.2. The minimum Gasteiger partial charge on any atom is -0.477 e. The molecule has 1 N–H and O–H groups in total. The number of carboxylic acids is 1. The Morgan fingerprint density at radius 2 is 2.18 bits per heavy atom. The number of carbonyl (C=O) groups is 2. The summed E-state index contributed by atoms with van der Waals surface area (Å²) >= 11 is 0. The predicted molar refractivity (Wildman–Crippen MR) is 63.0 cm³/mol. The normalized spacial score (nSPS) is 9.76. The number of pyridine rings is 1. The van der Waals surface area contributed by atoms with Gasteiger partial charge in [0.2, 0.25) is 0 Å². The van der Waals surface area contributed by atoms with Crippen LogP contribution in [0.3, 0.4) is 0 Å². The van der Waals surface area contributed by atoms with Crippen molar-refractivity contribution in [3.05, 3.63) is 41.7 Å². The number of carbonyl (C=O) groups excluding carboxylic acids is 1. The summed E-state index contributed by atoms with van der Waals surface area (Å²) in [5.74, 6) is -1.40. The monoisotopic (exact) mass is 234 g/mol. The summed E-state index contributed by atoms with van der Waals surface area (Å²) in [4.78, 5) is 27.8. The lowest BCUT2D eigenvalue weighted by Gasteiger charge is -2.17. The van der Waals surface area contributed by atoms with Crippen molar-refractivity contribution in [3.63, 3.8) is 0 Å². The molecule has 0 bridgehead atoms. The largest absolute Gasteiger partial charge is 0.477 e. The molecule has 0 aliphatic heterocycles. The van der Waals surface area contributed by atoms with Crippen molar-refractivity contribution in [1.82, 2.24) is 9.88 Å². The van der Waals surface area contributed by atoms with E-state index in [1.54, 1.807) is 7.05 Å². The van der Waals surface area contributed by atoms with Gasteiger partial charge in [-0.3, -0.25) is 4.79 Å². The zero-order valence-electron chi connectivity index (χ0n) is 9.80. The molecule has 0 unspecified atom stereocenters. The highest BCUT2D eigenvalue weighted by atomic mass is 16.4. The lowest BCUT2D eigenvalue weighted by Crippen LogP contribution is -2.28. The third kappa shape index (κ3) is 3.41. The number of rotatable bonds is 4. The quantitative estimate of drug-likeness (QED) is 0.800. The van der Waals surface area contributed by atoms with Crippen molar-refractivity contribution in [1.29, 1.82) is 0 Å². The fourth-order valence-corrected chi connectivity index (χ4v) is 1.38. The first-order valence-electron chi connectivity index (χ1n) is 5.01. The van der Waals surface area contributed by atoms with Crippen LogP contribution in [0.1, 0.15) is 27.8 Å². The number of carboxylic acid groups (broad SMARTS) is 1. The van der Waals surface area contributed by atoms with Crippen molar-refractivity contribution in [2.45, 2.75) is 6.92 Å². The fourth-order valence-electron chi connectivity index (χ4n) is 1.38. The van der Waals surface area contributed by atoms with E-state index in [9.17, 15) is 9.59 Å². The number of nitrogens with zero attached hydrogens (tertiary/aromatic N) is 2. The molecule has 0 saturated carbocycles. The highest BCUT2D eigenvalue weighted by molar-refractivity contribution is 5.96. The van der Waals surface area contributed by atoms with Crippen LogP contribution in [0.5, 0.6) is 0 Å². The van der Waals surface area contributed by atoms with Crippen LogP contribution in [0.2, 0.25) is 0 Å². The molecule has 1 amide bonds. The molecule has 90 valence electrons. The van der Waals surface area contributed by atoms with Crippen LogP contribution in [-0.4, -0.2) is 40.5 Å². The standard InChI is InChI=1S/C12H14N2O3/c1-8(2)7-14(3)11(15)9-4-5-13-10(6-9)12(16)17/h4-6H,1,7H2,2-3H3,(H,16,17). The summed E-state index contributed by atoms with van der Waals surface area (Å²) < 4.78 is 0. The molecule has 0 aromatic carbocycles. The summed E-state index contributed by atoms with van der Waals surface area (Å²) in [5, 5.41) is 8.77. The summed E-state index contributed by atoms with van der Waals surface area (Å²) in [6.07, 6.45) is 1.31. The van der Waals surface area contributed by atoms with Gasteiger partial charge in [-0.05, 0) is 19.1 Å². The van der Waals surface area contributed by atoms with Crippen molar-refractivity contribution in [3.8, 4) is 0 Å². The molecule has 0 aliphatic carbocycles. The van der Waals surface area contributed by atoms with Crippen molar-refractivity contribution in [2.24, 2.45) is 0 Å². The molecule has 5 heteroatoms. The summed E-state index contributed by atoms with van der Waals surface area (Å²) in [7, 11) is 1.64. The minimum absolute atomic E-state index is 0.139. The summed E-state index contributed by atoms with van der Waals surface area (Å²) in [5.41, 5.74) is 1.02. The molecule has 0 spiro atoms. The van der Waals surface area contributed by atoms with Crippen LogP contribution < -0.4 is 0 Å². The number of aromatic nitrogens is 1. The van der Waals surface area contributed by atoms with E-state index in [1.165, 1.54) is 23.2 Å². The van der Waals surface area contributed by atoms with E-state index in [1.807, 2.05) is 6.92 Å². The van der Waals surface area contributed by atoms with Crippen LogP contribution >= 0.6 is 0 Å². The van der Waals surface area contributed by atoms with Crippen molar-refractivity contribution >= 4 is 11.9 Å². The van der Waals surface area contributed by atoms with Gasteiger partial charge in [-0.15, -0.1) is 0 Å². The average molecular weight is 234 g/mol. The van der Waals surface area contributed by atoms with E-state index in [-0.39, 0.29) is 11.6 Å². The van der Waals surface area contributed by atoms with E-state index in [0.29, 0.717) is 12.1 Å². The first-order chi connectivity index (χ1) is 7.91. The second kappa shape index (κ2) is 5.25. The highest BCUT2D eigenvalue weighted by Crippen LogP contribution is 2.06. The number of hydrogen-bond donors (Lipinski definition) is 1. The Bertz CT molecular complexity index is 469. The molecule has 1 aromatic heterocycles. The molecule has 1 aromatic rings. The Labute approximate surface area is 99.4 Å². The van der Waals surface area contributed by atoms with Crippen molar-refractivity contribution in [2.75, 3.05) is 13.6 Å². The van der Waals surface area contributed by atoms with Crippen LogP contribution in [0.25, 0.3) is 0 Å². The van der Waals surface area contributed by atoms with Crippen molar-refractivity contribution < 1.29 is 14.7 Å². The number of likely N-dealkylation sites (N-methyl/N-ethyl adjacent to an activating group) is 1. The molecule has 0 fully saturated rings. The Balaban J connectivity index is 2.92. The molecule has 5 nitrogen and oxygen atoms in total. The van der Waals surface area contributed by atoms with E-state index in [0.717, 1.165) is 5.57 Å². The maximum atomic E-state index is 11.9. The fraction of sp³-hybridized carbons (Fsp3) is 0.250. The first kappa shape index (κ1) is 12.9. The van der Waals surface area contributed by atoms with Crippen LogP contribution in [0.4, 0.5) is 0 Å². The Morgan fingerprint density at radius 1 is 1.53 bits per heavy atom. The van der Waals surface area contributed by atoms with Gasteiger partial charge in [0.25, 0.3) is 5.91 Å². The maximum Gasteiger partial charge on any atom is 0.354 e. The van der Waals surface area contributed by atoms with Gasteiger partial charge in [0.1, 0.15) is 5.69 Å². The SMILES string of the molecule is C=C(C)CN(C)C(=O)c1ccnc(C(=O)O)c1. The minimum atomic E-state index is -1.15. The van der Waals surface area contributed by atoms with Crippen LogP contribution in [0.15, 0.2) is 30.5 Å². The van der Waals surface area contributed by atoms with Gasteiger partial charge in [-0.2, -0.15) is 0 Å². The predicted octanol–water partition coefficient (Wildman–Crippen LogP) is 1.43. The topological polar surface area (TPSA) is 70.5 Å². The molecular weight excluding hydrogens is 220 g/mol. The van der Waals surface area contributed by atoms with Crippen LogP contribution in [-0.2, 0) is 0 Å². The molecule has 17 heavy (non-hydrogen) atoms. The number of amides is 1. The zero-order valence-corrected chi connectivity index (χ0v) is 9.80. The van der Waals surface area contributed by atoms with Gasteiger partial charge in [-0.1, -0.05) is 12.2 Å². The van der Waals surface area contributed by atoms with Gasteiger partial charge in [0, 0.05) is 25.4 Å². The number of aromatic carboxylic acids is 1. The van der Waals surface area contributed by atoms with E-state index in [4.69, 9.17) is 5.11 Å². The van der Waals surface area contributed by atoms with E-state index >= 15 is 0 Å². The van der Waals surface area contributed by atoms with E-state index in [2.05, 4.69) is 11.6 Å². The molecule has 0 radical (unpaired) electrons. The second-order valence-corrected chi connectivity index (χ2v) is 3.85. The van der Waals surface area contributed by atoms with Crippen LogP contribution in [0, 0.1) is 0 Å². The van der Waals surface area contributed by atoms with Gasteiger partial charge < -0.3 is 10.0 Å². The highest BCUT2D eigenvalue weighted by Gasteiger charge is 2.14. The molecular formula is C12H14N2O3. The third-order valence-corrected chi connectivity index (χ3v) is 2.08. The third-order valence-electron chi connectivity index (χ3n) is 2.08. The van der Waals surface area contributed by atoms with Gasteiger partial charge in [-0.25, -0.2) is 9.78 Å². The number of hydrogen-bond acceptors (Lipinski definition) is 3. The molecule has 0 saturated heterocycles. The van der Waals surface area contributed by atoms with Gasteiger partial charge in [0.15, 0.2) is 0 Å². The molecule has 1 heterocycles. The zero-order chi connectivity index (χ0) is 13.0. The lowest BCUT2D eigenvalue weighted by molar-refractivity contribution is 0.0690. The second-order valence-electron chi connectivity index (χ2n) is 3.85. The van der Waals surface area contributed by atoms with Gasteiger partial charge >= 0.3 is 5.97 Å². The Kier molecular flexibility index (Phi) is 3.98. The van der Waals surface area contributed by atoms with E-state index < -0.39 is 5.97 Å². The first-order valence-corrected chi connectivity index (χ1v) is 5.01. The summed E-state index contributed by atoms with van der Waals surface area (Å²) in [6.45, 7) is 5.97. The Morgan fingerprint density at radius 3 is 2.71 bits per heavy atom.